The van der Waals surface area contributed by atoms with Crippen molar-refractivity contribution in [2.24, 2.45) is 5.92 Å². The largest absolute Gasteiger partial charge is 0.408 e. The minimum absolute atomic E-state index is 0.0918. The van der Waals surface area contributed by atoms with Gasteiger partial charge in [-0.05, 0) is 35.2 Å². The Morgan fingerprint density at radius 3 is 2.75 bits per heavy atom. The fourth-order valence-electron chi connectivity index (χ4n) is 2.01. The lowest BCUT2D eigenvalue weighted by atomic mass is 9.93. The summed E-state index contributed by atoms with van der Waals surface area (Å²) < 4.78 is 37.4. The molecule has 0 aromatic carbocycles. The molecule has 0 saturated carbocycles. The van der Waals surface area contributed by atoms with Crippen molar-refractivity contribution in [3.05, 3.63) is 22.4 Å². The summed E-state index contributed by atoms with van der Waals surface area (Å²) in [5.74, 6) is -2.44. The van der Waals surface area contributed by atoms with Crippen molar-refractivity contribution >= 4 is 23.2 Å². The van der Waals surface area contributed by atoms with Crippen LogP contribution in [0.3, 0.4) is 0 Å². The van der Waals surface area contributed by atoms with Crippen LogP contribution in [0.4, 0.5) is 13.2 Å². The minimum atomic E-state index is -4.46. The van der Waals surface area contributed by atoms with Crippen LogP contribution in [0.15, 0.2) is 16.8 Å². The summed E-state index contributed by atoms with van der Waals surface area (Å²) in [5, 5.41) is 8.12. The Hall–Kier alpha value is -1.57. The molecule has 1 aromatic heterocycles. The van der Waals surface area contributed by atoms with Crippen LogP contribution in [-0.4, -0.2) is 24.0 Å². The highest BCUT2D eigenvalue weighted by Gasteiger charge is 2.45. The number of carbonyl (C=O) groups excluding carboxylic acids is 2. The third-order valence-corrected chi connectivity index (χ3v) is 3.87. The Morgan fingerprint density at radius 2 is 2.20 bits per heavy atom. The van der Waals surface area contributed by atoms with Crippen molar-refractivity contribution in [3.8, 4) is 0 Å². The predicted octanol–water partition coefficient (Wildman–Crippen LogP) is 1.82. The summed E-state index contributed by atoms with van der Waals surface area (Å²) in [6.07, 6.45) is -4.83. The fourth-order valence-corrected chi connectivity index (χ4v) is 2.68. The van der Waals surface area contributed by atoms with E-state index in [2.05, 4.69) is 5.32 Å². The third kappa shape index (κ3) is 3.50. The maximum atomic E-state index is 12.5. The smallest absolute Gasteiger partial charge is 0.351 e. The van der Waals surface area contributed by atoms with E-state index in [-0.39, 0.29) is 19.4 Å². The van der Waals surface area contributed by atoms with Gasteiger partial charge in [0.05, 0.1) is 0 Å². The zero-order chi connectivity index (χ0) is 14.8. The van der Waals surface area contributed by atoms with Crippen LogP contribution in [-0.2, 0) is 16.1 Å². The van der Waals surface area contributed by atoms with Crippen LogP contribution in [0.25, 0.3) is 0 Å². The Morgan fingerprint density at radius 1 is 1.45 bits per heavy atom. The Balaban J connectivity index is 1.87. The van der Waals surface area contributed by atoms with Gasteiger partial charge in [-0.25, -0.2) is 0 Å². The van der Waals surface area contributed by atoms with Gasteiger partial charge in [0, 0.05) is 6.54 Å². The van der Waals surface area contributed by atoms with Crippen LogP contribution in [0.2, 0.25) is 0 Å². The summed E-state index contributed by atoms with van der Waals surface area (Å²) in [5.41, 5.74) is 0.896. The highest BCUT2D eigenvalue weighted by molar-refractivity contribution is 7.07. The maximum Gasteiger partial charge on any atom is 0.408 e. The minimum Gasteiger partial charge on any atom is -0.351 e. The van der Waals surface area contributed by atoms with E-state index >= 15 is 0 Å². The van der Waals surface area contributed by atoms with Gasteiger partial charge in [-0.1, -0.05) is 0 Å². The number of amides is 2. The van der Waals surface area contributed by atoms with Gasteiger partial charge in [0.15, 0.2) is 0 Å². The van der Waals surface area contributed by atoms with Gasteiger partial charge in [-0.15, -0.1) is 0 Å². The molecule has 20 heavy (non-hydrogen) atoms. The summed E-state index contributed by atoms with van der Waals surface area (Å²) in [6.45, 7) is 0.273. The molecule has 2 rings (SSSR count). The third-order valence-electron chi connectivity index (χ3n) is 3.14. The van der Waals surface area contributed by atoms with Crippen molar-refractivity contribution < 1.29 is 22.8 Å². The second kappa shape index (κ2) is 5.82. The molecule has 2 unspecified atom stereocenters. The molecule has 1 saturated heterocycles. The molecule has 2 atom stereocenters. The number of nitrogens with one attached hydrogen (secondary N) is 2. The van der Waals surface area contributed by atoms with Gasteiger partial charge in [0.25, 0.3) is 0 Å². The number of thiophene rings is 1. The normalized spacial score (nSPS) is 23.2. The first-order chi connectivity index (χ1) is 9.38. The number of hydrogen-bond donors (Lipinski definition) is 2. The molecular formula is C12H13F3N2O2S. The van der Waals surface area contributed by atoms with Gasteiger partial charge < -0.3 is 10.6 Å². The standard InChI is InChI=1S/C12H13F3N2O2S/c13-12(14,15)9-2-1-8(11(19)17-9)10(18)16-5-7-3-4-20-6-7/h3-4,6,8-9H,1-2,5H2,(H,16,18)(H,17,19). The highest BCUT2D eigenvalue weighted by Crippen LogP contribution is 2.28. The molecule has 0 radical (unpaired) electrons. The lowest BCUT2D eigenvalue weighted by molar-refractivity contribution is -0.171. The molecule has 1 aliphatic rings. The molecule has 1 aliphatic heterocycles. The quantitative estimate of drug-likeness (QED) is 0.837. The second-order valence-electron chi connectivity index (χ2n) is 4.58. The monoisotopic (exact) mass is 306 g/mol. The van der Waals surface area contributed by atoms with Crippen molar-refractivity contribution in [2.45, 2.75) is 31.6 Å². The molecule has 8 heteroatoms. The van der Waals surface area contributed by atoms with Gasteiger partial charge in [0.1, 0.15) is 12.0 Å². The van der Waals surface area contributed by atoms with E-state index < -0.39 is 30.0 Å². The number of halogens is 3. The molecule has 1 fully saturated rings. The molecule has 0 spiro atoms. The molecule has 4 nitrogen and oxygen atoms in total. The molecular weight excluding hydrogens is 293 g/mol. The molecule has 2 N–H and O–H groups in total. The van der Waals surface area contributed by atoms with Crippen molar-refractivity contribution in [2.75, 3.05) is 0 Å². The Bertz CT molecular complexity index is 487. The summed E-state index contributed by atoms with van der Waals surface area (Å²) in [4.78, 5) is 23.4. The highest BCUT2D eigenvalue weighted by atomic mass is 32.1. The van der Waals surface area contributed by atoms with Crippen LogP contribution in [0.1, 0.15) is 18.4 Å². The van der Waals surface area contributed by atoms with E-state index in [9.17, 15) is 22.8 Å². The average Bonchev–Trinajstić information content (AvgIpc) is 2.87. The van der Waals surface area contributed by atoms with Crippen LogP contribution < -0.4 is 10.6 Å². The molecule has 0 aliphatic carbocycles. The van der Waals surface area contributed by atoms with Gasteiger partial charge >= 0.3 is 6.18 Å². The Kier molecular flexibility index (Phi) is 4.32. The lowest BCUT2D eigenvalue weighted by Crippen LogP contribution is -2.54. The topological polar surface area (TPSA) is 58.2 Å². The molecule has 1 aromatic rings. The lowest BCUT2D eigenvalue weighted by Gasteiger charge is -2.29. The van der Waals surface area contributed by atoms with Crippen LogP contribution in [0.5, 0.6) is 0 Å². The first-order valence-corrected chi connectivity index (χ1v) is 6.98. The number of rotatable bonds is 3. The summed E-state index contributed by atoms with van der Waals surface area (Å²) in [6, 6.07) is -0.0260. The van der Waals surface area contributed by atoms with E-state index in [4.69, 9.17) is 0 Å². The first-order valence-electron chi connectivity index (χ1n) is 6.04. The SMILES string of the molecule is O=C(NCc1ccsc1)C1CCC(C(F)(F)F)NC1=O. The van der Waals surface area contributed by atoms with Gasteiger partial charge in [-0.2, -0.15) is 24.5 Å². The number of hydrogen-bond acceptors (Lipinski definition) is 3. The zero-order valence-electron chi connectivity index (χ0n) is 10.4. The maximum absolute atomic E-state index is 12.5. The number of alkyl halides is 3. The molecule has 110 valence electrons. The van der Waals surface area contributed by atoms with Crippen molar-refractivity contribution in [3.63, 3.8) is 0 Å². The summed E-state index contributed by atoms with van der Waals surface area (Å²) >= 11 is 1.47. The van der Waals surface area contributed by atoms with Gasteiger partial charge in [0.2, 0.25) is 11.8 Å². The average molecular weight is 306 g/mol. The Labute approximate surface area is 117 Å². The molecule has 2 amide bonds. The fraction of sp³-hybridized carbons (Fsp3) is 0.500. The molecule has 2 heterocycles. The van der Waals surface area contributed by atoms with Crippen molar-refractivity contribution in [1.29, 1.82) is 0 Å². The van der Waals surface area contributed by atoms with E-state index in [0.717, 1.165) is 5.56 Å². The van der Waals surface area contributed by atoms with Crippen LogP contribution >= 0.6 is 11.3 Å². The zero-order valence-corrected chi connectivity index (χ0v) is 11.2. The van der Waals surface area contributed by atoms with E-state index in [1.165, 1.54) is 11.3 Å². The van der Waals surface area contributed by atoms with Gasteiger partial charge in [-0.3, -0.25) is 9.59 Å². The second-order valence-corrected chi connectivity index (χ2v) is 5.36. The molecule has 0 bridgehead atoms. The van der Waals surface area contributed by atoms with E-state index in [1.807, 2.05) is 22.1 Å². The summed E-state index contributed by atoms with van der Waals surface area (Å²) in [7, 11) is 0. The number of piperidine rings is 1. The first kappa shape index (κ1) is 14.8. The van der Waals surface area contributed by atoms with E-state index in [0.29, 0.717) is 0 Å². The number of carbonyl (C=O) groups is 2. The van der Waals surface area contributed by atoms with Crippen molar-refractivity contribution in [1.82, 2.24) is 10.6 Å². The van der Waals surface area contributed by atoms with Crippen LogP contribution in [0, 0.1) is 5.92 Å². The predicted molar refractivity (Wildman–Crippen MR) is 66.9 cm³/mol. The van der Waals surface area contributed by atoms with E-state index in [1.54, 1.807) is 0 Å².